The van der Waals surface area contributed by atoms with E-state index < -0.39 is 0 Å². The van der Waals surface area contributed by atoms with Crippen molar-refractivity contribution < 1.29 is 9.53 Å². The van der Waals surface area contributed by atoms with Crippen LogP contribution >= 0.6 is 0 Å². The summed E-state index contributed by atoms with van der Waals surface area (Å²) in [5, 5.41) is 0. The molecule has 1 aromatic carbocycles. The molecular formula is C14H10N2O2. The molecule has 0 N–H and O–H groups in total. The molecule has 0 saturated carbocycles. The molecule has 2 heterocycles. The Kier molecular flexibility index (Phi) is 2.61. The van der Waals surface area contributed by atoms with Crippen LogP contribution in [0.15, 0.2) is 47.7 Å². The Hall–Kier alpha value is -2.49. The minimum atomic E-state index is -0.272. The number of benzene rings is 1. The summed E-state index contributed by atoms with van der Waals surface area (Å²) < 4.78 is 4.99. The van der Waals surface area contributed by atoms with Crippen molar-refractivity contribution in [2.24, 2.45) is 4.99 Å². The van der Waals surface area contributed by atoms with Crippen LogP contribution in [0.2, 0.25) is 0 Å². The van der Waals surface area contributed by atoms with Gasteiger partial charge < -0.3 is 4.74 Å². The van der Waals surface area contributed by atoms with Gasteiger partial charge in [0.2, 0.25) is 0 Å². The van der Waals surface area contributed by atoms with Crippen molar-refractivity contribution >= 4 is 17.9 Å². The van der Waals surface area contributed by atoms with Gasteiger partial charge in [-0.2, -0.15) is 0 Å². The fourth-order valence-electron chi connectivity index (χ4n) is 1.85. The molecule has 1 aliphatic rings. The van der Waals surface area contributed by atoms with Gasteiger partial charge in [-0.1, -0.05) is 6.07 Å². The molecule has 4 nitrogen and oxygen atoms in total. The lowest BCUT2D eigenvalue weighted by molar-refractivity contribution is 0.0535. The van der Waals surface area contributed by atoms with E-state index in [1.807, 2.05) is 24.3 Å². The van der Waals surface area contributed by atoms with E-state index in [0.717, 1.165) is 16.8 Å². The number of aliphatic imine (C=N–C) groups is 1. The molecule has 3 rings (SSSR count). The summed E-state index contributed by atoms with van der Waals surface area (Å²) in [4.78, 5) is 19.7. The van der Waals surface area contributed by atoms with Crippen molar-refractivity contribution in [1.29, 1.82) is 0 Å². The van der Waals surface area contributed by atoms with E-state index in [1.165, 1.54) is 0 Å². The molecule has 2 aromatic rings. The zero-order chi connectivity index (χ0) is 12.4. The van der Waals surface area contributed by atoms with Crippen molar-refractivity contribution in [2.75, 3.05) is 0 Å². The third-order valence-corrected chi connectivity index (χ3v) is 2.78. The molecule has 0 saturated heterocycles. The highest BCUT2D eigenvalue weighted by atomic mass is 16.5. The Morgan fingerprint density at radius 3 is 2.89 bits per heavy atom. The minimum absolute atomic E-state index is 0.272. The van der Waals surface area contributed by atoms with Gasteiger partial charge >= 0.3 is 5.97 Å². The zero-order valence-corrected chi connectivity index (χ0v) is 9.54. The number of pyridine rings is 1. The Labute approximate surface area is 104 Å². The van der Waals surface area contributed by atoms with Gasteiger partial charge in [-0.25, -0.2) is 4.79 Å². The summed E-state index contributed by atoms with van der Waals surface area (Å²) >= 11 is 0. The number of ether oxygens (including phenoxy) is 1. The SMILES string of the molecule is O=C1OCc2c(/N=C/c3ccncc3)cccc21. The fourth-order valence-corrected chi connectivity index (χ4v) is 1.85. The van der Waals surface area contributed by atoms with Crippen molar-refractivity contribution in [3.63, 3.8) is 0 Å². The molecule has 0 aliphatic carbocycles. The van der Waals surface area contributed by atoms with Crippen LogP contribution < -0.4 is 0 Å². The lowest BCUT2D eigenvalue weighted by Gasteiger charge is -1.99. The highest BCUT2D eigenvalue weighted by molar-refractivity contribution is 5.95. The van der Waals surface area contributed by atoms with Gasteiger partial charge in [0, 0.05) is 24.2 Å². The summed E-state index contributed by atoms with van der Waals surface area (Å²) in [5.74, 6) is -0.272. The molecule has 0 bridgehead atoms. The van der Waals surface area contributed by atoms with Crippen LogP contribution in [0.5, 0.6) is 0 Å². The van der Waals surface area contributed by atoms with Gasteiger partial charge in [0.15, 0.2) is 0 Å². The first-order valence-electron chi connectivity index (χ1n) is 5.58. The van der Waals surface area contributed by atoms with Crippen LogP contribution in [0.4, 0.5) is 5.69 Å². The topological polar surface area (TPSA) is 51.5 Å². The second-order valence-electron chi connectivity index (χ2n) is 3.92. The number of fused-ring (bicyclic) bond motifs is 1. The van der Waals surface area contributed by atoms with Gasteiger partial charge in [0.05, 0.1) is 11.3 Å². The van der Waals surface area contributed by atoms with Gasteiger partial charge in [0.1, 0.15) is 6.61 Å². The van der Waals surface area contributed by atoms with Crippen LogP contribution in [-0.2, 0) is 11.3 Å². The molecule has 18 heavy (non-hydrogen) atoms. The summed E-state index contributed by atoms with van der Waals surface area (Å²) in [6.07, 6.45) is 5.17. The van der Waals surface area contributed by atoms with Crippen molar-refractivity contribution in [2.45, 2.75) is 6.61 Å². The van der Waals surface area contributed by atoms with Crippen molar-refractivity contribution in [1.82, 2.24) is 4.98 Å². The Balaban J connectivity index is 1.95. The van der Waals surface area contributed by atoms with Crippen LogP contribution in [0.25, 0.3) is 0 Å². The monoisotopic (exact) mass is 238 g/mol. The maximum atomic E-state index is 11.4. The second-order valence-corrected chi connectivity index (χ2v) is 3.92. The Morgan fingerprint density at radius 2 is 2.06 bits per heavy atom. The predicted molar refractivity (Wildman–Crippen MR) is 67.1 cm³/mol. The third-order valence-electron chi connectivity index (χ3n) is 2.78. The first kappa shape index (κ1) is 10.7. The number of cyclic esters (lactones) is 1. The molecule has 88 valence electrons. The average Bonchev–Trinajstić information content (AvgIpc) is 2.80. The summed E-state index contributed by atoms with van der Waals surface area (Å²) in [6, 6.07) is 9.18. The number of carbonyl (C=O) groups is 1. The largest absolute Gasteiger partial charge is 0.457 e. The lowest BCUT2D eigenvalue weighted by atomic mass is 10.1. The smallest absolute Gasteiger partial charge is 0.338 e. The van der Waals surface area contributed by atoms with Crippen LogP contribution in [0.1, 0.15) is 21.5 Å². The molecule has 1 aliphatic heterocycles. The number of nitrogens with zero attached hydrogens (tertiary/aromatic N) is 2. The van der Waals surface area contributed by atoms with E-state index in [-0.39, 0.29) is 5.97 Å². The number of aromatic nitrogens is 1. The number of hydrogen-bond acceptors (Lipinski definition) is 4. The number of hydrogen-bond donors (Lipinski definition) is 0. The highest BCUT2D eigenvalue weighted by Crippen LogP contribution is 2.29. The predicted octanol–water partition coefficient (Wildman–Crippen LogP) is 2.50. The molecular weight excluding hydrogens is 228 g/mol. The van der Waals surface area contributed by atoms with Gasteiger partial charge in [0.25, 0.3) is 0 Å². The molecule has 0 fully saturated rings. The van der Waals surface area contributed by atoms with Crippen LogP contribution in [0, 0.1) is 0 Å². The fraction of sp³-hybridized carbons (Fsp3) is 0.0714. The van der Waals surface area contributed by atoms with E-state index >= 15 is 0 Å². The Morgan fingerprint density at radius 1 is 1.22 bits per heavy atom. The third kappa shape index (κ3) is 1.88. The molecule has 4 heteroatoms. The summed E-state index contributed by atoms with van der Waals surface area (Å²) in [6.45, 7) is 0.304. The van der Waals surface area contributed by atoms with E-state index in [9.17, 15) is 4.79 Å². The molecule has 0 spiro atoms. The van der Waals surface area contributed by atoms with E-state index in [4.69, 9.17) is 4.74 Å². The van der Waals surface area contributed by atoms with Gasteiger partial charge in [-0.3, -0.25) is 9.98 Å². The summed E-state index contributed by atoms with van der Waals surface area (Å²) in [7, 11) is 0. The lowest BCUT2D eigenvalue weighted by Crippen LogP contribution is -1.92. The van der Waals surface area contributed by atoms with Crippen LogP contribution in [-0.4, -0.2) is 17.2 Å². The Bertz CT molecular complexity index is 621. The van der Waals surface area contributed by atoms with E-state index in [0.29, 0.717) is 12.2 Å². The summed E-state index contributed by atoms with van der Waals surface area (Å²) in [5.41, 5.74) is 3.20. The highest BCUT2D eigenvalue weighted by Gasteiger charge is 2.22. The maximum Gasteiger partial charge on any atom is 0.338 e. The van der Waals surface area contributed by atoms with E-state index in [2.05, 4.69) is 9.98 Å². The number of carbonyl (C=O) groups excluding carboxylic acids is 1. The average molecular weight is 238 g/mol. The van der Waals surface area contributed by atoms with Gasteiger partial charge in [-0.05, 0) is 29.8 Å². The second kappa shape index (κ2) is 4.41. The molecule has 0 amide bonds. The first-order valence-corrected chi connectivity index (χ1v) is 5.58. The zero-order valence-electron chi connectivity index (χ0n) is 9.54. The first-order chi connectivity index (χ1) is 8.84. The number of rotatable bonds is 2. The standard InChI is InChI=1S/C14H10N2O2/c17-14-11-2-1-3-13(12(11)9-18-14)16-8-10-4-6-15-7-5-10/h1-8H,9H2/b16-8+. The quantitative estimate of drug-likeness (QED) is 0.596. The van der Waals surface area contributed by atoms with Crippen molar-refractivity contribution in [3.8, 4) is 0 Å². The molecule has 0 radical (unpaired) electrons. The van der Waals surface area contributed by atoms with Crippen LogP contribution in [0.3, 0.4) is 0 Å². The van der Waals surface area contributed by atoms with Crippen molar-refractivity contribution in [3.05, 3.63) is 59.4 Å². The molecule has 0 atom stereocenters. The van der Waals surface area contributed by atoms with E-state index in [1.54, 1.807) is 24.7 Å². The van der Waals surface area contributed by atoms with Gasteiger partial charge in [-0.15, -0.1) is 0 Å². The molecule has 0 unspecified atom stereocenters. The normalized spacial score (nSPS) is 13.7. The number of esters is 1. The molecule has 1 aromatic heterocycles. The maximum absolute atomic E-state index is 11.4. The minimum Gasteiger partial charge on any atom is -0.457 e.